The normalized spacial score (nSPS) is 12.9. The molecule has 1 aliphatic heterocycles. The standard InChI is InChI=1S/C30H35N3O4/c1-4-7-21-10-12-22(13-11-21)29(34)32-26-9-6-5-8-25(26)30(35)31-15-17-33-16-14-23-18-27(36-2)28(37-3)19-24(23)20-33/h5-6,8-13,18-19H,4,7,14-17,20H2,1-3H3,(H,31,35)(H,32,34). The van der Waals surface area contributed by atoms with E-state index in [9.17, 15) is 9.59 Å². The summed E-state index contributed by atoms with van der Waals surface area (Å²) in [4.78, 5) is 28.1. The summed E-state index contributed by atoms with van der Waals surface area (Å²) in [5.74, 6) is 1.04. The number of rotatable bonds is 10. The maximum atomic E-state index is 13.0. The van der Waals surface area contributed by atoms with Gasteiger partial charge in [0.05, 0.1) is 25.5 Å². The third-order valence-electron chi connectivity index (χ3n) is 6.69. The number of para-hydroxylation sites is 1. The van der Waals surface area contributed by atoms with Gasteiger partial charge in [-0.25, -0.2) is 0 Å². The minimum absolute atomic E-state index is 0.210. The Kier molecular flexibility index (Phi) is 8.80. The Morgan fingerprint density at radius 3 is 2.32 bits per heavy atom. The minimum atomic E-state index is -0.234. The first-order valence-electron chi connectivity index (χ1n) is 12.8. The number of carbonyl (C=O) groups excluding carboxylic acids is 2. The first kappa shape index (κ1) is 26.2. The van der Waals surface area contributed by atoms with E-state index in [0.717, 1.165) is 50.4 Å². The van der Waals surface area contributed by atoms with Crippen molar-refractivity contribution in [3.05, 3.63) is 88.5 Å². The van der Waals surface area contributed by atoms with Crippen LogP contribution in [-0.2, 0) is 19.4 Å². The van der Waals surface area contributed by atoms with Crippen molar-refractivity contribution in [2.45, 2.75) is 32.7 Å². The first-order chi connectivity index (χ1) is 18.0. The van der Waals surface area contributed by atoms with Crippen LogP contribution in [0.4, 0.5) is 5.69 Å². The Hall–Kier alpha value is -3.84. The number of amides is 2. The van der Waals surface area contributed by atoms with E-state index in [2.05, 4.69) is 28.5 Å². The van der Waals surface area contributed by atoms with Gasteiger partial charge < -0.3 is 20.1 Å². The van der Waals surface area contributed by atoms with E-state index in [-0.39, 0.29) is 11.8 Å². The van der Waals surface area contributed by atoms with Crippen LogP contribution in [0, 0.1) is 0 Å². The number of anilines is 1. The average molecular weight is 502 g/mol. The Morgan fingerprint density at radius 1 is 0.919 bits per heavy atom. The number of nitrogens with zero attached hydrogens (tertiary/aromatic N) is 1. The molecule has 0 fully saturated rings. The second-order valence-electron chi connectivity index (χ2n) is 9.20. The number of aryl methyl sites for hydroxylation is 1. The topological polar surface area (TPSA) is 79.9 Å². The second kappa shape index (κ2) is 12.4. The second-order valence-corrected chi connectivity index (χ2v) is 9.20. The first-order valence-corrected chi connectivity index (χ1v) is 12.8. The fourth-order valence-corrected chi connectivity index (χ4v) is 4.65. The van der Waals surface area contributed by atoms with Crippen LogP contribution in [0.1, 0.15) is 50.8 Å². The molecule has 1 heterocycles. The van der Waals surface area contributed by atoms with Crippen molar-refractivity contribution < 1.29 is 19.1 Å². The Labute approximate surface area is 218 Å². The highest BCUT2D eigenvalue weighted by Gasteiger charge is 2.20. The number of ether oxygens (including phenoxy) is 2. The lowest BCUT2D eigenvalue weighted by Gasteiger charge is -2.29. The van der Waals surface area contributed by atoms with Crippen molar-refractivity contribution in [3.8, 4) is 11.5 Å². The Balaban J connectivity index is 1.33. The van der Waals surface area contributed by atoms with Gasteiger partial charge in [-0.05, 0) is 65.9 Å². The molecule has 0 aromatic heterocycles. The van der Waals surface area contributed by atoms with Crippen LogP contribution in [0.15, 0.2) is 60.7 Å². The van der Waals surface area contributed by atoms with Gasteiger partial charge >= 0.3 is 0 Å². The predicted molar refractivity (Wildman–Crippen MR) is 146 cm³/mol. The van der Waals surface area contributed by atoms with Crippen LogP contribution >= 0.6 is 0 Å². The van der Waals surface area contributed by atoms with Gasteiger partial charge in [0.2, 0.25) is 0 Å². The molecule has 7 heteroatoms. The number of benzene rings is 3. The van der Waals surface area contributed by atoms with Crippen molar-refractivity contribution in [1.29, 1.82) is 0 Å². The molecule has 0 unspecified atom stereocenters. The van der Waals surface area contributed by atoms with Gasteiger partial charge in [-0.15, -0.1) is 0 Å². The summed E-state index contributed by atoms with van der Waals surface area (Å²) < 4.78 is 10.9. The van der Waals surface area contributed by atoms with Crippen molar-refractivity contribution in [1.82, 2.24) is 10.2 Å². The molecule has 1 aliphatic rings. The minimum Gasteiger partial charge on any atom is -0.493 e. The maximum Gasteiger partial charge on any atom is 0.255 e. The Morgan fingerprint density at radius 2 is 1.62 bits per heavy atom. The smallest absolute Gasteiger partial charge is 0.255 e. The monoisotopic (exact) mass is 501 g/mol. The highest BCUT2D eigenvalue weighted by Crippen LogP contribution is 2.33. The van der Waals surface area contributed by atoms with Gasteiger partial charge in [0.15, 0.2) is 11.5 Å². The van der Waals surface area contributed by atoms with Crippen molar-refractivity contribution >= 4 is 17.5 Å². The third kappa shape index (κ3) is 6.49. The van der Waals surface area contributed by atoms with Gasteiger partial charge in [0.1, 0.15) is 0 Å². The molecule has 3 aromatic carbocycles. The molecule has 37 heavy (non-hydrogen) atoms. The highest BCUT2D eigenvalue weighted by molar-refractivity contribution is 6.09. The van der Waals surface area contributed by atoms with E-state index in [1.165, 1.54) is 16.7 Å². The summed E-state index contributed by atoms with van der Waals surface area (Å²) >= 11 is 0. The molecular weight excluding hydrogens is 466 g/mol. The number of carbonyl (C=O) groups is 2. The molecule has 0 radical (unpaired) electrons. The lowest BCUT2D eigenvalue weighted by molar-refractivity contribution is 0.0948. The molecular formula is C30H35N3O4. The molecule has 0 saturated carbocycles. The number of fused-ring (bicyclic) bond motifs is 1. The molecule has 3 aromatic rings. The van der Waals surface area contributed by atoms with Crippen LogP contribution < -0.4 is 20.1 Å². The highest BCUT2D eigenvalue weighted by atomic mass is 16.5. The quantitative estimate of drug-likeness (QED) is 0.421. The molecule has 7 nitrogen and oxygen atoms in total. The van der Waals surface area contributed by atoms with Crippen LogP contribution in [0.5, 0.6) is 11.5 Å². The van der Waals surface area contributed by atoms with Gasteiger partial charge in [-0.1, -0.05) is 37.6 Å². The molecule has 4 rings (SSSR count). The van der Waals surface area contributed by atoms with E-state index in [1.54, 1.807) is 32.4 Å². The summed E-state index contributed by atoms with van der Waals surface area (Å²) in [6.07, 6.45) is 2.96. The molecule has 0 atom stereocenters. The van der Waals surface area contributed by atoms with Crippen molar-refractivity contribution in [2.24, 2.45) is 0 Å². The van der Waals surface area contributed by atoms with E-state index in [4.69, 9.17) is 9.47 Å². The zero-order valence-electron chi connectivity index (χ0n) is 21.8. The van der Waals surface area contributed by atoms with E-state index >= 15 is 0 Å². The fourth-order valence-electron chi connectivity index (χ4n) is 4.65. The molecule has 194 valence electrons. The number of nitrogens with one attached hydrogen (secondary N) is 2. The van der Waals surface area contributed by atoms with Gasteiger partial charge in [0, 0.05) is 31.7 Å². The third-order valence-corrected chi connectivity index (χ3v) is 6.69. The van der Waals surface area contributed by atoms with Crippen molar-refractivity contribution in [2.75, 3.05) is 39.2 Å². The van der Waals surface area contributed by atoms with Crippen LogP contribution in [0.3, 0.4) is 0 Å². The summed E-state index contributed by atoms with van der Waals surface area (Å²) in [7, 11) is 3.29. The molecule has 0 aliphatic carbocycles. The SMILES string of the molecule is CCCc1ccc(C(=O)Nc2ccccc2C(=O)NCCN2CCc3cc(OC)c(OC)cc3C2)cc1. The van der Waals surface area contributed by atoms with Gasteiger partial charge in [0.25, 0.3) is 11.8 Å². The average Bonchev–Trinajstić information content (AvgIpc) is 2.93. The Bertz CT molecular complexity index is 1240. The van der Waals surface area contributed by atoms with Gasteiger partial charge in [-0.2, -0.15) is 0 Å². The van der Waals surface area contributed by atoms with E-state index in [0.29, 0.717) is 23.4 Å². The summed E-state index contributed by atoms with van der Waals surface area (Å²) in [5.41, 5.74) is 5.19. The summed E-state index contributed by atoms with van der Waals surface area (Å²) in [6, 6.07) is 18.8. The lowest BCUT2D eigenvalue weighted by Crippen LogP contribution is -2.38. The predicted octanol–water partition coefficient (Wildman–Crippen LogP) is 4.70. The van der Waals surface area contributed by atoms with Crippen LogP contribution in [0.25, 0.3) is 0 Å². The molecule has 0 spiro atoms. The fraction of sp³-hybridized carbons (Fsp3) is 0.333. The lowest BCUT2D eigenvalue weighted by atomic mass is 9.99. The number of methoxy groups -OCH3 is 2. The van der Waals surface area contributed by atoms with Crippen LogP contribution in [-0.4, -0.2) is 50.6 Å². The summed E-state index contributed by atoms with van der Waals surface area (Å²) in [5, 5.41) is 5.91. The number of hydrogen-bond donors (Lipinski definition) is 2. The maximum absolute atomic E-state index is 13.0. The zero-order chi connectivity index (χ0) is 26.2. The summed E-state index contributed by atoms with van der Waals surface area (Å²) in [6.45, 7) is 5.04. The largest absolute Gasteiger partial charge is 0.493 e. The zero-order valence-corrected chi connectivity index (χ0v) is 21.8. The van der Waals surface area contributed by atoms with Crippen LogP contribution in [0.2, 0.25) is 0 Å². The van der Waals surface area contributed by atoms with Gasteiger partial charge in [-0.3, -0.25) is 14.5 Å². The van der Waals surface area contributed by atoms with E-state index < -0.39 is 0 Å². The number of hydrogen-bond acceptors (Lipinski definition) is 5. The molecule has 2 amide bonds. The molecule has 0 saturated heterocycles. The van der Waals surface area contributed by atoms with E-state index in [1.807, 2.05) is 36.4 Å². The molecule has 2 N–H and O–H groups in total. The molecule has 0 bridgehead atoms. The van der Waals surface area contributed by atoms with Crippen molar-refractivity contribution in [3.63, 3.8) is 0 Å².